The Balaban J connectivity index is 1.19. The Morgan fingerprint density at radius 2 is 1.90 bits per heavy atom. The largest absolute Gasteiger partial charge is 0.493 e. The first-order valence-electron chi connectivity index (χ1n) is 14.2. The molecule has 1 saturated carbocycles. The smallest absolute Gasteiger partial charge is 0.308 e. The number of carbonyl (C=O) groups is 2. The number of benzene rings is 1. The molecular formula is C29H37N5O6S. The van der Waals surface area contributed by atoms with Crippen molar-refractivity contribution in [2.24, 2.45) is 11.8 Å². The second kappa shape index (κ2) is 12.5. The first-order valence-corrected chi connectivity index (χ1v) is 16.3. The Labute approximate surface area is 239 Å². The summed E-state index contributed by atoms with van der Waals surface area (Å²) >= 11 is 0. The summed E-state index contributed by atoms with van der Waals surface area (Å²) in [4.78, 5) is 35.4. The molecule has 0 unspecified atom stereocenters. The molecule has 0 bridgehead atoms. The number of sulfone groups is 1. The van der Waals surface area contributed by atoms with Gasteiger partial charge in [0.25, 0.3) is 0 Å². The lowest BCUT2D eigenvalue weighted by molar-refractivity contribution is -0.147. The van der Waals surface area contributed by atoms with Gasteiger partial charge in [0.2, 0.25) is 11.9 Å². The maximum atomic E-state index is 13.1. The number of aromatic nitrogens is 3. The molecule has 1 aromatic carbocycles. The summed E-state index contributed by atoms with van der Waals surface area (Å²) in [5.41, 5.74) is 0.914. The number of fused-ring (bicyclic) bond motifs is 1. The number of aliphatic carboxylic acids is 1. The lowest BCUT2D eigenvalue weighted by Crippen LogP contribution is -2.46. The van der Waals surface area contributed by atoms with E-state index in [1.54, 1.807) is 11.1 Å². The Morgan fingerprint density at radius 3 is 2.66 bits per heavy atom. The highest BCUT2D eigenvalue weighted by Gasteiger charge is 2.34. The van der Waals surface area contributed by atoms with Crippen molar-refractivity contribution >= 4 is 38.6 Å². The number of carboxylic acid groups (broad SMARTS) is 1. The molecule has 41 heavy (non-hydrogen) atoms. The number of anilines is 1. The molecule has 3 aromatic rings. The Morgan fingerprint density at radius 1 is 1.10 bits per heavy atom. The van der Waals surface area contributed by atoms with Gasteiger partial charge in [0, 0.05) is 49.1 Å². The van der Waals surface area contributed by atoms with Crippen LogP contribution >= 0.6 is 0 Å². The van der Waals surface area contributed by atoms with Gasteiger partial charge in [-0.15, -0.1) is 0 Å². The third kappa shape index (κ3) is 7.16. The molecule has 220 valence electrons. The number of carboxylic acids is 1. The number of carbonyl (C=O) groups excluding carboxylic acids is 1. The third-order valence-corrected chi connectivity index (χ3v) is 9.02. The third-order valence-electron chi connectivity index (χ3n) is 7.99. The molecule has 1 atom stereocenters. The average Bonchev–Trinajstić information content (AvgIpc) is 3.40. The van der Waals surface area contributed by atoms with E-state index < -0.39 is 21.7 Å². The summed E-state index contributed by atoms with van der Waals surface area (Å²) in [6, 6.07) is 9.69. The van der Waals surface area contributed by atoms with Crippen molar-refractivity contribution in [2.75, 3.05) is 37.0 Å². The lowest BCUT2D eigenvalue weighted by Gasteiger charge is -2.36. The first-order chi connectivity index (χ1) is 19.7. The normalized spacial score (nSPS) is 21.5. The molecule has 3 heterocycles. The van der Waals surface area contributed by atoms with Gasteiger partial charge < -0.3 is 24.6 Å². The molecular weight excluding hydrogens is 546 g/mol. The van der Waals surface area contributed by atoms with Gasteiger partial charge in [0.15, 0.2) is 0 Å². The van der Waals surface area contributed by atoms with Crippen LogP contribution in [0.25, 0.3) is 16.7 Å². The fourth-order valence-corrected chi connectivity index (χ4v) is 6.47. The number of piperidine rings is 1. The predicted octanol–water partition coefficient (Wildman–Crippen LogP) is 3.53. The van der Waals surface area contributed by atoms with Crippen molar-refractivity contribution in [3.8, 4) is 11.6 Å². The summed E-state index contributed by atoms with van der Waals surface area (Å²) in [5, 5.41) is 13.7. The lowest BCUT2D eigenvalue weighted by atomic mass is 9.84. The number of ether oxygens (including phenoxy) is 1. The van der Waals surface area contributed by atoms with Crippen LogP contribution in [0, 0.1) is 11.8 Å². The van der Waals surface area contributed by atoms with Crippen LogP contribution < -0.4 is 10.1 Å². The molecule has 5 rings (SSSR count). The van der Waals surface area contributed by atoms with E-state index in [2.05, 4.69) is 10.3 Å². The zero-order valence-corrected chi connectivity index (χ0v) is 24.1. The topological polar surface area (TPSA) is 144 Å². The minimum atomic E-state index is -3.02. The Hall–Kier alpha value is -3.67. The highest BCUT2D eigenvalue weighted by molar-refractivity contribution is 7.90. The van der Waals surface area contributed by atoms with Gasteiger partial charge in [-0.05, 0) is 69.2 Å². The van der Waals surface area contributed by atoms with E-state index in [-0.39, 0.29) is 23.6 Å². The Bertz CT molecular complexity index is 1500. The highest BCUT2D eigenvalue weighted by atomic mass is 32.2. The SMILES string of the molecule is CS(=O)(=O)CCCOc1cccc2c1ccn2-c1ccnc(NC2CCC(C(=O)N3CCC[C@@H](C(=O)O)C3)CC2)n1. The Kier molecular flexibility index (Phi) is 8.77. The number of likely N-dealkylation sites (tertiary alicyclic amines) is 1. The molecule has 12 heteroatoms. The predicted molar refractivity (Wildman–Crippen MR) is 155 cm³/mol. The standard InChI is InChI=1S/C29H37N5O6S/c1-41(38,39)18-4-17-40-25-7-2-6-24-23(25)13-16-34(24)26-12-14-30-29(32-26)31-22-10-8-20(9-11-22)27(35)33-15-3-5-21(19-33)28(36)37/h2,6-7,12-14,16,20-22H,3-5,8-11,15,17-19H2,1H3,(H,36,37)(H,30,31,32)/t20?,21-,22?/m1/s1. The summed E-state index contributed by atoms with van der Waals surface area (Å²) in [7, 11) is -3.02. The fourth-order valence-electron chi connectivity index (χ4n) is 5.83. The quantitative estimate of drug-likeness (QED) is 0.343. The van der Waals surface area contributed by atoms with Crippen LogP contribution in [0.5, 0.6) is 5.75 Å². The summed E-state index contributed by atoms with van der Waals surface area (Å²) in [6.07, 6.45) is 9.79. The van der Waals surface area contributed by atoms with Gasteiger partial charge in [0.05, 0.1) is 23.8 Å². The molecule has 2 N–H and O–H groups in total. The second-order valence-electron chi connectivity index (χ2n) is 11.1. The first kappa shape index (κ1) is 28.8. The van der Waals surface area contributed by atoms with Crippen molar-refractivity contribution in [3.63, 3.8) is 0 Å². The molecule has 2 fully saturated rings. The van der Waals surface area contributed by atoms with Crippen LogP contribution in [0.2, 0.25) is 0 Å². The molecule has 0 radical (unpaired) electrons. The van der Waals surface area contributed by atoms with Gasteiger partial charge >= 0.3 is 5.97 Å². The maximum absolute atomic E-state index is 13.1. The number of nitrogens with one attached hydrogen (secondary N) is 1. The van der Waals surface area contributed by atoms with Crippen molar-refractivity contribution in [3.05, 3.63) is 42.7 Å². The number of hydrogen-bond acceptors (Lipinski definition) is 8. The molecule has 1 aliphatic heterocycles. The summed E-state index contributed by atoms with van der Waals surface area (Å²) in [5.74, 6) is 0.745. The second-order valence-corrected chi connectivity index (χ2v) is 13.4. The van der Waals surface area contributed by atoms with Crippen molar-refractivity contribution in [2.45, 2.75) is 51.0 Å². The van der Waals surface area contributed by atoms with Gasteiger partial charge in [-0.3, -0.25) is 9.59 Å². The molecule has 1 aliphatic carbocycles. The van der Waals surface area contributed by atoms with E-state index in [1.165, 1.54) is 6.26 Å². The minimum Gasteiger partial charge on any atom is -0.493 e. The van der Waals surface area contributed by atoms with Gasteiger partial charge in [-0.25, -0.2) is 13.4 Å². The van der Waals surface area contributed by atoms with E-state index in [1.807, 2.05) is 41.1 Å². The van der Waals surface area contributed by atoms with Crippen LogP contribution in [-0.2, 0) is 19.4 Å². The maximum Gasteiger partial charge on any atom is 0.308 e. The molecule has 2 aromatic heterocycles. The van der Waals surface area contributed by atoms with E-state index in [0.717, 1.165) is 43.0 Å². The van der Waals surface area contributed by atoms with E-state index in [9.17, 15) is 23.1 Å². The minimum absolute atomic E-state index is 0.0677. The fraction of sp³-hybridized carbons (Fsp3) is 0.517. The van der Waals surface area contributed by atoms with Gasteiger partial charge in [-0.2, -0.15) is 4.98 Å². The van der Waals surface area contributed by atoms with Crippen molar-refractivity contribution in [1.82, 2.24) is 19.4 Å². The number of amides is 1. The zero-order valence-electron chi connectivity index (χ0n) is 23.2. The summed E-state index contributed by atoms with van der Waals surface area (Å²) in [6.45, 7) is 1.28. The number of nitrogens with zero attached hydrogens (tertiary/aromatic N) is 4. The van der Waals surface area contributed by atoms with Crippen molar-refractivity contribution in [1.29, 1.82) is 0 Å². The van der Waals surface area contributed by atoms with Crippen LogP contribution in [0.4, 0.5) is 5.95 Å². The van der Waals surface area contributed by atoms with Crippen LogP contribution in [0.1, 0.15) is 44.9 Å². The number of rotatable bonds is 10. The average molecular weight is 584 g/mol. The molecule has 1 saturated heterocycles. The molecule has 0 spiro atoms. The van der Waals surface area contributed by atoms with Crippen LogP contribution in [0.3, 0.4) is 0 Å². The number of hydrogen-bond donors (Lipinski definition) is 2. The van der Waals surface area contributed by atoms with Crippen LogP contribution in [-0.4, -0.2) is 82.6 Å². The summed E-state index contributed by atoms with van der Waals surface area (Å²) < 4.78 is 30.6. The van der Waals surface area contributed by atoms with Gasteiger partial charge in [-0.1, -0.05) is 6.07 Å². The molecule has 11 nitrogen and oxygen atoms in total. The molecule has 1 amide bonds. The van der Waals surface area contributed by atoms with Gasteiger partial charge in [0.1, 0.15) is 21.4 Å². The van der Waals surface area contributed by atoms with Crippen LogP contribution in [0.15, 0.2) is 42.7 Å². The van der Waals surface area contributed by atoms with Crippen molar-refractivity contribution < 1.29 is 27.9 Å². The van der Waals surface area contributed by atoms with E-state index >= 15 is 0 Å². The highest BCUT2D eigenvalue weighted by Crippen LogP contribution is 2.31. The van der Waals surface area contributed by atoms with E-state index in [0.29, 0.717) is 50.1 Å². The monoisotopic (exact) mass is 583 g/mol. The molecule has 2 aliphatic rings. The zero-order chi connectivity index (χ0) is 29.0. The van der Waals surface area contributed by atoms with E-state index in [4.69, 9.17) is 9.72 Å².